The SMILES string of the molecule is CCC[C@H](NC(=O)N[C@H](C(=O)N1C[C@H](C(C)C)C[C@H]1C(=O)N/C(=C/C1CC1)C(=O)C(N)=O)C(C)(C)C)C(=O)O. The van der Waals surface area contributed by atoms with Crippen molar-refractivity contribution >= 4 is 35.5 Å². The highest BCUT2D eigenvalue weighted by Crippen LogP contribution is 2.33. The third-order valence-electron chi connectivity index (χ3n) is 7.18. The first kappa shape index (κ1) is 31.8. The number of carbonyl (C=O) groups excluding carboxylic acids is 5. The van der Waals surface area contributed by atoms with Crippen LogP contribution in [0.15, 0.2) is 11.8 Å². The van der Waals surface area contributed by atoms with E-state index < -0.39 is 59.0 Å². The molecule has 4 atom stereocenters. The number of urea groups is 1. The Morgan fingerprint density at radius 3 is 2.15 bits per heavy atom. The van der Waals surface area contributed by atoms with Gasteiger partial charge in [0, 0.05) is 6.54 Å². The minimum Gasteiger partial charge on any atom is -0.480 e. The molecule has 39 heavy (non-hydrogen) atoms. The summed E-state index contributed by atoms with van der Waals surface area (Å²) in [6.07, 6.45) is 4.29. The molecule has 1 aliphatic carbocycles. The van der Waals surface area contributed by atoms with E-state index in [0.717, 1.165) is 12.8 Å². The molecule has 0 aromatic rings. The van der Waals surface area contributed by atoms with E-state index in [4.69, 9.17) is 5.73 Å². The fourth-order valence-electron chi connectivity index (χ4n) is 4.56. The van der Waals surface area contributed by atoms with Gasteiger partial charge in [-0.15, -0.1) is 0 Å². The molecular weight excluding hydrogens is 506 g/mol. The minimum atomic E-state index is -1.19. The second kappa shape index (κ2) is 13.1. The molecule has 6 N–H and O–H groups in total. The molecule has 218 valence electrons. The Balaban J connectivity index is 2.31. The molecule has 5 amide bonds. The number of rotatable bonds is 12. The van der Waals surface area contributed by atoms with Gasteiger partial charge in [-0.3, -0.25) is 19.2 Å². The van der Waals surface area contributed by atoms with Gasteiger partial charge in [0.25, 0.3) is 11.7 Å². The molecule has 0 bridgehead atoms. The van der Waals surface area contributed by atoms with E-state index in [1.54, 1.807) is 27.7 Å². The van der Waals surface area contributed by atoms with Crippen LogP contribution in [-0.2, 0) is 24.0 Å². The molecule has 0 radical (unpaired) electrons. The number of hydrogen-bond acceptors (Lipinski definition) is 6. The Labute approximate surface area is 229 Å². The minimum absolute atomic E-state index is 0.0252. The lowest BCUT2D eigenvalue weighted by Gasteiger charge is -2.35. The van der Waals surface area contributed by atoms with Crippen LogP contribution in [0.3, 0.4) is 0 Å². The Kier molecular flexibility index (Phi) is 10.7. The lowest BCUT2D eigenvalue weighted by atomic mass is 9.85. The number of amides is 5. The molecule has 1 aliphatic heterocycles. The lowest BCUT2D eigenvalue weighted by molar-refractivity contribution is -0.142. The Morgan fingerprint density at radius 2 is 1.69 bits per heavy atom. The molecule has 2 fully saturated rings. The van der Waals surface area contributed by atoms with Crippen molar-refractivity contribution in [1.82, 2.24) is 20.9 Å². The fraction of sp³-hybridized carbons (Fsp3) is 0.704. The van der Waals surface area contributed by atoms with Crippen molar-refractivity contribution in [3.8, 4) is 0 Å². The Hall–Kier alpha value is -3.44. The lowest BCUT2D eigenvalue weighted by Crippen LogP contribution is -2.60. The van der Waals surface area contributed by atoms with Gasteiger partial charge in [-0.1, -0.05) is 54.0 Å². The smallest absolute Gasteiger partial charge is 0.326 e. The number of nitrogens with zero attached hydrogens (tertiary/aromatic N) is 1. The van der Waals surface area contributed by atoms with Crippen molar-refractivity contribution in [3.05, 3.63) is 11.8 Å². The standard InChI is InChI=1S/C27H43N5O7/c1-7-8-17(25(37)38)30-26(39)31-21(27(4,5)6)24(36)32-13-16(14(2)3)12-19(32)23(35)29-18(11-15-9-10-15)20(33)22(28)34/h11,14-17,19,21H,7-10,12-13H2,1-6H3,(H2,28,34)(H,29,35)(H,37,38)(H2,30,31,39)/b18-11+/t16-,17+,19+,21-/m1/s1. The number of nitrogens with two attached hydrogens (primary N) is 1. The molecule has 2 aliphatic rings. The highest BCUT2D eigenvalue weighted by atomic mass is 16.4. The maximum absolute atomic E-state index is 13.9. The number of carbonyl (C=O) groups is 6. The van der Waals surface area contributed by atoms with Gasteiger partial charge in [-0.2, -0.15) is 0 Å². The van der Waals surface area contributed by atoms with Crippen LogP contribution >= 0.6 is 0 Å². The van der Waals surface area contributed by atoms with Crippen LogP contribution in [-0.4, -0.2) is 70.2 Å². The zero-order valence-electron chi connectivity index (χ0n) is 23.7. The number of allylic oxidation sites excluding steroid dienone is 1. The largest absolute Gasteiger partial charge is 0.480 e. The second-order valence-corrected chi connectivity index (χ2v) is 11.9. The van der Waals surface area contributed by atoms with Crippen LogP contribution in [0.5, 0.6) is 0 Å². The summed E-state index contributed by atoms with van der Waals surface area (Å²) >= 11 is 0. The van der Waals surface area contributed by atoms with E-state index in [1.165, 1.54) is 11.0 Å². The summed E-state index contributed by atoms with van der Waals surface area (Å²) < 4.78 is 0. The predicted molar refractivity (Wildman–Crippen MR) is 143 cm³/mol. The van der Waals surface area contributed by atoms with Crippen LogP contribution in [0.2, 0.25) is 0 Å². The van der Waals surface area contributed by atoms with Gasteiger partial charge in [0.05, 0.1) is 5.70 Å². The van der Waals surface area contributed by atoms with E-state index in [0.29, 0.717) is 12.8 Å². The van der Waals surface area contributed by atoms with E-state index >= 15 is 0 Å². The Morgan fingerprint density at radius 1 is 1.08 bits per heavy atom. The van der Waals surface area contributed by atoms with Crippen LogP contribution in [0.1, 0.15) is 73.6 Å². The molecule has 2 rings (SSSR count). The van der Waals surface area contributed by atoms with Crippen molar-refractivity contribution in [1.29, 1.82) is 0 Å². The number of nitrogens with one attached hydrogen (secondary N) is 3. The number of aliphatic carboxylic acids is 1. The van der Waals surface area contributed by atoms with E-state index in [2.05, 4.69) is 16.0 Å². The molecule has 0 aromatic heterocycles. The van der Waals surface area contributed by atoms with E-state index in [1.807, 2.05) is 13.8 Å². The summed E-state index contributed by atoms with van der Waals surface area (Å²) in [4.78, 5) is 76.9. The first-order chi connectivity index (χ1) is 18.1. The van der Waals surface area contributed by atoms with Crippen molar-refractivity contribution in [2.24, 2.45) is 28.9 Å². The zero-order valence-corrected chi connectivity index (χ0v) is 23.7. The normalized spacial score (nSPS) is 21.2. The first-order valence-electron chi connectivity index (χ1n) is 13.5. The third kappa shape index (κ3) is 8.79. The number of ketones is 1. The van der Waals surface area contributed by atoms with Gasteiger partial charge >= 0.3 is 12.0 Å². The number of Topliss-reactive ketones (excluding diaryl/α,β-unsaturated/α-hetero) is 1. The summed E-state index contributed by atoms with van der Waals surface area (Å²) in [6.45, 7) is 11.3. The third-order valence-corrected chi connectivity index (χ3v) is 7.18. The molecule has 12 nitrogen and oxygen atoms in total. The topological polar surface area (TPSA) is 188 Å². The maximum Gasteiger partial charge on any atom is 0.326 e. The summed E-state index contributed by atoms with van der Waals surface area (Å²) in [5.41, 5.74) is 4.21. The predicted octanol–water partition coefficient (Wildman–Crippen LogP) is 1.29. The summed E-state index contributed by atoms with van der Waals surface area (Å²) in [7, 11) is 0. The highest BCUT2D eigenvalue weighted by molar-refractivity contribution is 6.42. The van der Waals surface area contributed by atoms with Gasteiger partial charge in [0.2, 0.25) is 11.8 Å². The molecule has 0 unspecified atom stereocenters. The summed E-state index contributed by atoms with van der Waals surface area (Å²) in [5, 5.41) is 17.0. The number of likely N-dealkylation sites (tertiary alicyclic amines) is 1. The number of carboxylic acid groups (broad SMARTS) is 1. The van der Waals surface area contributed by atoms with Crippen LogP contribution < -0.4 is 21.7 Å². The van der Waals surface area contributed by atoms with Crippen molar-refractivity contribution < 1.29 is 33.9 Å². The number of primary amides is 1. The molecule has 1 saturated heterocycles. The first-order valence-corrected chi connectivity index (χ1v) is 13.5. The highest BCUT2D eigenvalue weighted by Gasteiger charge is 2.46. The number of hydrogen-bond donors (Lipinski definition) is 5. The fourth-order valence-corrected chi connectivity index (χ4v) is 4.56. The van der Waals surface area contributed by atoms with Gasteiger partial charge in [0.15, 0.2) is 0 Å². The van der Waals surface area contributed by atoms with E-state index in [9.17, 15) is 33.9 Å². The van der Waals surface area contributed by atoms with Crippen molar-refractivity contribution in [2.75, 3.05) is 6.54 Å². The molecule has 0 spiro atoms. The van der Waals surface area contributed by atoms with Crippen LogP contribution in [0.25, 0.3) is 0 Å². The maximum atomic E-state index is 13.9. The monoisotopic (exact) mass is 549 g/mol. The zero-order chi connectivity index (χ0) is 29.7. The van der Waals surface area contributed by atoms with Crippen LogP contribution in [0, 0.1) is 23.2 Å². The molecule has 0 aromatic carbocycles. The molecule has 1 saturated carbocycles. The van der Waals surface area contributed by atoms with Gasteiger partial charge in [-0.25, -0.2) is 9.59 Å². The van der Waals surface area contributed by atoms with Crippen LogP contribution in [0.4, 0.5) is 4.79 Å². The average molecular weight is 550 g/mol. The second-order valence-electron chi connectivity index (χ2n) is 11.9. The van der Waals surface area contributed by atoms with Gasteiger partial charge in [-0.05, 0) is 48.9 Å². The van der Waals surface area contributed by atoms with E-state index in [-0.39, 0.29) is 36.4 Å². The summed E-state index contributed by atoms with van der Waals surface area (Å²) in [5.74, 6) is -4.30. The molecular formula is C27H43N5O7. The van der Waals surface area contributed by atoms with Gasteiger partial charge in [0.1, 0.15) is 18.1 Å². The number of carboxylic acids is 1. The quantitative estimate of drug-likeness (QED) is 0.179. The average Bonchev–Trinajstić information content (AvgIpc) is 3.53. The molecule has 12 heteroatoms. The summed E-state index contributed by atoms with van der Waals surface area (Å²) in [6, 6.07) is -3.94. The van der Waals surface area contributed by atoms with Gasteiger partial charge < -0.3 is 31.7 Å². The van der Waals surface area contributed by atoms with Crippen molar-refractivity contribution in [3.63, 3.8) is 0 Å². The Bertz CT molecular complexity index is 1010. The van der Waals surface area contributed by atoms with Crippen molar-refractivity contribution in [2.45, 2.75) is 91.8 Å². The molecule has 1 heterocycles.